The second-order valence-corrected chi connectivity index (χ2v) is 12.2. The van der Waals surface area contributed by atoms with Crippen molar-refractivity contribution in [3.63, 3.8) is 0 Å². The van der Waals surface area contributed by atoms with Crippen LogP contribution in [0.2, 0.25) is 0 Å². The van der Waals surface area contributed by atoms with Gasteiger partial charge < -0.3 is 39.3 Å². The summed E-state index contributed by atoms with van der Waals surface area (Å²) < 4.78 is 16.9. The van der Waals surface area contributed by atoms with Gasteiger partial charge in [0.2, 0.25) is 0 Å². The number of phenols is 3. The van der Waals surface area contributed by atoms with Gasteiger partial charge in [0.15, 0.2) is 34.5 Å². The maximum atomic E-state index is 10.6. The Balaban J connectivity index is 1.17. The number of nitrogens with one attached hydrogen (secondary N) is 2. The molecule has 0 amide bonds. The zero-order valence-electron chi connectivity index (χ0n) is 25.8. The predicted octanol–water partition coefficient (Wildman–Crippen LogP) is 3.32. The topological polar surface area (TPSA) is 97.3 Å². The number of aromatic hydroxyl groups is 3. The maximum Gasteiger partial charge on any atom is 0.169 e. The smallest absolute Gasteiger partial charge is 0.169 e. The zero-order valence-corrected chi connectivity index (χ0v) is 25.8. The summed E-state index contributed by atoms with van der Waals surface area (Å²) in [4.78, 5) is 2.78. The number of hydrogen-bond acceptors (Lipinski definition) is 6. The zero-order chi connectivity index (χ0) is 31.0. The number of phenolic OH excluding ortho intramolecular Hbond substituents is 3. The van der Waals surface area contributed by atoms with E-state index in [9.17, 15) is 15.3 Å². The van der Waals surface area contributed by atoms with E-state index in [4.69, 9.17) is 14.2 Å². The van der Waals surface area contributed by atoms with Crippen molar-refractivity contribution < 1.29 is 39.3 Å². The lowest BCUT2D eigenvalue weighted by atomic mass is 9.88. The Bertz CT molecular complexity index is 1650. The first-order valence-electron chi connectivity index (χ1n) is 15.3. The van der Waals surface area contributed by atoms with Crippen LogP contribution < -0.4 is 24.0 Å². The molecule has 8 nitrogen and oxygen atoms in total. The lowest BCUT2D eigenvalue weighted by Gasteiger charge is -2.32. The molecule has 0 saturated heterocycles. The summed E-state index contributed by atoms with van der Waals surface area (Å²) in [6, 6.07) is 21.5. The van der Waals surface area contributed by atoms with Crippen molar-refractivity contribution in [1.29, 1.82) is 0 Å². The molecule has 5 N–H and O–H groups in total. The van der Waals surface area contributed by atoms with Crippen LogP contribution in [-0.2, 0) is 25.7 Å². The fourth-order valence-corrected chi connectivity index (χ4v) is 6.83. The number of likely N-dealkylation sites (N-methyl/N-ethyl adjacent to an activating group) is 2. The van der Waals surface area contributed by atoms with Crippen molar-refractivity contribution in [2.24, 2.45) is 0 Å². The number of hydrogen-bond donors (Lipinski definition) is 5. The van der Waals surface area contributed by atoms with Gasteiger partial charge in [-0.25, -0.2) is 0 Å². The molecule has 0 aromatic heterocycles. The highest BCUT2D eigenvalue weighted by Crippen LogP contribution is 2.37. The van der Waals surface area contributed by atoms with Crippen LogP contribution >= 0.6 is 0 Å². The van der Waals surface area contributed by atoms with E-state index in [1.54, 1.807) is 20.3 Å². The van der Waals surface area contributed by atoms with Gasteiger partial charge in [-0.15, -0.1) is 0 Å². The minimum absolute atomic E-state index is 0.0872. The molecule has 4 aromatic rings. The summed E-state index contributed by atoms with van der Waals surface area (Å²) in [7, 11) is 7.54. The van der Waals surface area contributed by atoms with E-state index >= 15 is 0 Å². The van der Waals surface area contributed by atoms with Crippen LogP contribution in [0.1, 0.15) is 45.5 Å². The molecule has 0 spiro atoms. The summed E-state index contributed by atoms with van der Waals surface area (Å²) in [6.45, 7) is 2.00. The fraction of sp³-hybridized carbons (Fsp3) is 0.333. The van der Waals surface area contributed by atoms with Gasteiger partial charge in [0, 0.05) is 36.8 Å². The summed E-state index contributed by atoms with van der Waals surface area (Å²) in [5, 5.41) is 31.6. The van der Waals surface area contributed by atoms with Crippen LogP contribution in [0.25, 0.3) is 0 Å². The molecule has 230 valence electrons. The molecule has 4 atom stereocenters. The highest BCUT2D eigenvalue weighted by Gasteiger charge is 2.31. The normalized spacial score (nSPS) is 20.8. The summed E-state index contributed by atoms with van der Waals surface area (Å²) in [6.07, 6.45) is 3.44. The molecule has 6 rings (SSSR count). The van der Waals surface area contributed by atoms with Crippen LogP contribution in [0.15, 0.2) is 66.7 Å². The average molecular weight is 599 g/mol. The van der Waals surface area contributed by atoms with Gasteiger partial charge in [0.25, 0.3) is 0 Å². The van der Waals surface area contributed by atoms with Gasteiger partial charge in [-0.1, -0.05) is 18.2 Å². The molecule has 8 heteroatoms. The first-order chi connectivity index (χ1) is 21.2. The molecule has 0 aliphatic carbocycles. The van der Waals surface area contributed by atoms with Crippen molar-refractivity contribution in [2.75, 3.05) is 41.4 Å². The first-order valence-corrected chi connectivity index (χ1v) is 15.3. The number of benzene rings is 4. The minimum atomic E-state index is 0.0872. The Hall–Kier alpha value is -4.40. The molecule has 2 aliphatic heterocycles. The number of quaternary nitrogens is 2. The molecule has 2 aliphatic rings. The van der Waals surface area contributed by atoms with E-state index in [1.165, 1.54) is 26.5 Å². The molecule has 0 radical (unpaired) electrons. The van der Waals surface area contributed by atoms with Gasteiger partial charge in [0.1, 0.15) is 17.8 Å². The van der Waals surface area contributed by atoms with E-state index in [1.807, 2.05) is 48.5 Å². The summed E-state index contributed by atoms with van der Waals surface area (Å²) in [5.74, 6) is 2.51. The van der Waals surface area contributed by atoms with Crippen LogP contribution in [0, 0.1) is 0 Å². The van der Waals surface area contributed by atoms with Gasteiger partial charge in [-0.3, -0.25) is 0 Å². The standard InChI is InChI=1S/C36H40N2O6/c1-37-13-11-24-18-34(42-3)32(40)20-27(24)29(37)15-22-5-8-26(9-6-22)44-36-17-23(7-10-31(36)39)16-30-28-21-33(41)35(43-4)19-25(28)12-14-38(30)2/h5-10,17-21,29-30,39-41H,11-16H2,1-4H3/p+2/t29-,30-/m1/s1. The molecular weight excluding hydrogens is 556 g/mol. The van der Waals surface area contributed by atoms with Crippen molar-refractivity contribution >= 4 is 0 Å². The summed E-state index contributed by atoms with van der Waals surface area (Å²) >= 11 is 0. The van der Waals surface area contributed by atoms with E-state index < -0.39 is 0 Å². The van der Waals surface area contributed by atoms with Crippen LogP contribution in [0.5, 0.6) is 40.2 Å². The minimum Gasteiger partial charge on any atom is -0.504 e. The maximum absolute atomic E-state index is 10.6. The third kappa shape index (κ3) is 5.87. The van der Waals surface area contributed by atoms with Crippen LogP contribution in [-0.4, -0.2) is 56.7 Å². The predicted molar refractivity (Wildman–Crippen MR) is 168 cm³/mol. The molecule has 2 heterocycles. The van der Waals surface area contributed by atoms with Crippen LogP contribution in [0.3, 0.4) is 0 Å². The Morgan fingerprint density at radius 1 is 0.614 bits per heavy atom. The molecule has 0 saturated carbocycles. The van der Waals surface area contributed by atoms with Gasteiger partial charge in [-0.2, -0.15) is 0 Å². The van der Waals surface area contributed by atoms with E-state index in [-0.39, 0.29) is 29.3 Å². The van der Waals surface area contributed by atoms with Gasteiger partial charge >= 0.3 is 0 Å². The molecule has 44 heavy (non-hydrogen) atoms. The Morgan fingerprint density at radius 2 is 1.11 bits per heavy atom. The molecule has 0 bridgehead atoms. The van der Waals surface area contributed by atoms with Crippen molar-refractivity contribution in [1.82, 2.24) is 0 Å². The lowest BCUT2D eigenvalue weighted by molar-refractivity contribution is -0.914. The molecule has 2 unspecified atom stereocenters. The highest BCUT2D eigenvalue weighted by atomic mass is 16.5. The lowest BCUT2D eigenvalue weighted by Crippen LogP contribution is -3.10. The molecule has 4 aromatic carbocycles. The quantitative estimate of drug-likeness (QED) is 0.214. The molecular formula is C36H42N2O6+2. The number of methoxy groups -OCH3 is 2. The Kier molecular flexibility index (Phi) is 8.29. The van der Waals surface area contributed by atoms with Crippen molar-refractivity contribution in [3.05, 3.63) is 100 Å². The van der Waals surface area contributed by atoms with E-state index in [2.05, 4.69) is 26.2 Å². The third-order valence-electron chi connectivity index (χ3n) is 9.45. The Labute approximate surface area is 258 Å². The van der Waals surface area contributed by atoms with Gasteiger partial charge in [0.05, 0.1) is 41.4 Å². The van der Waals surface area contributed by atoms with Crippen molar-refractivity contribution in [3.8, 4) is 40.2 Å². The Morgan fingerprint density at radius 3 is 1.64 bits per heavy atom. The molecule has 0 fully saturated rings. The van der Waals surface area contributed by atoms with E-state index in [0.717, 1.165) is 55.5 Å². The highest BCUT2D eigenvalue weighted by molar-refractivity contribution is 5.50. The first kappa shape index (κ1) is 29.7. The second kappa shape index (κ2) is 12.3. The number of rotatable bonds is 8. The van der Waals surface area contributed by atoms with Gasteiger partial charge in [-0.05, 0) is 70.8 Å². The van der Waals surface area contributed by atoms with E-state index in [0.29, 0.717) is 23.0 Å². The average Bonchev–Trinajstić information content (AvgIpc) is 3.02. The second-order valence-electron chi connectivity index (χ2n) is 12.2. The summed E-state index contributed by atoms with van der Waals surface area (Å²) in [5.41, 5.74) is 6.93. The fourth-order valence-electron chi connectivity index (χ4n) is 6.83. The monoisotopic (exact) mass is 598 g/mol. The number of ether oxygens (including phenoxy) is 3. The largest absolute Gasteiger partial charge is 0.504 e. The van der Waals surface area contributed by atoms with Crippen LogP contribution in [0.4, 0.5) is 0 Å². The number of fused-ring (bicyclic) bond motifs is 2. The third-order valence-corrected chi connectivity index (χ3v) is 9.45. The van der Waals surface area contributed by atoms with Crippen molar-refractivity contribution in [2.45, 2.75) is 37.8 Å². The SMILES string of the molecule is COc1cc2c(cc1O)[C@@H](Cc1ccc(Oc3cc(C[C@@H]4c5cc(O)c(OC)cc5CC[NH+]4C)ccc3O)cc1)[NH+](C)CC2.